The maximum Gasteiger partial charge on any atom is 0.253 e. The van der Waals surface area contributed by atoms with Crippen LogP contribution in [0.5, 0.6) is 0 Å². The molecule has 0 heterocycles. The van der Waals surface area contributed by atoms with E-state index in [9.17, 15) is 4.79 Å². The van der Waals surface area contributed by atoms with E-state index in [0.29, 0.717) is 23.7 Å². The lowest BCUT2D eigenvalue weighted by molar-refractivity contribution is 0.0940. The molecule has 1 aliphatic carbocycles. The number of carbonyl (C=O) groups is 1. The molecule has 0 aliphatic heterocycles. The molecular weight excluding hydrogens is 200 g/mol. The monoisotopic (exact) mass is 221 g/mol. The Labute approximate surface area is 100 Å². The van der Waals surface area contributed by atoms with Crippen LogP contribution in [-0.2, 0) is 0 Å². The molecule has 3 nitrogen and oxygen atoms in total. The molecule has 0 saturated heterocycles. The first-order valence-corrected chi connectivity index (χ1v) is 5.61. The van der Waals surface area contributed by atoms with Gasteiger partial charge in [0.25, 0.3) is 5.91 Å². The number of amides is 1. The second-order valence-corrected chi connectivity index (χ2v) is 4.18. The minimum atomic E-state index is -2.30. The first-order valence-electron chi connectivity index (χ1n) is 7.11. The standard InChI is InChI=1S/C13H18N2O/c1-14-12-8-3-2-7-11(12)13(16)15-9-10-5-4-6-10/h2-3,7-8,10,14H,4-6,9H2,1H3,(H,15,16)/i1D3. The third-order valence-electron chi connectivity index (χ3n) is 3.08. The van der Waals surface area contributed by atoms with Crippen molar-refractivity contribution in [1.82, 2.24) is 5.32 Å². The molecule has 2 N–H and O–H groups in total. The van der Waals surface area contributed by atoms with E-state index < -0.39 is 6.98 Å². The number of para-hydroxylation sites is 1. The minimum Gasteiger partial charge on any atom is -0.387 e. The lowest BCUT2D eigenvalue weighted by Gasteiger charge is -2.25. The molecule has 3 heteroatoms. The van der Waals surface area contributed by atoms with Crippen molar-refractivity contribution >= 4 is 11.6 Å². The zero-order chi connectivity index (χ0) is 13.9. The Kier molecular flexibility index (Phi) is 2.42. The van der Waals surface area contributed by atoms with Crippen molar-refractivity contribution in [2.75, 3.05) is 18.8 Å². The lowest BCUT2D eigenvalue weighted by Crippen LogP contribution is -2.32. The number of carbonyl (C=O) groups excluding carboxylic acids is 1. The van der Waals surface area contributed by atoms with Crippen molar-refractivity contribution in [3.63, 3.8) is 0 Å². The first-order chi connectivity index (χ1) is 8.96. The van der Waals surface area contributed by atoms with Gasteiger partial charge in [-0.1, -0.05) is 18.6 Å². The summed E-state index contributed by atoms with van der Waals surface area (Å²) in [5, 5.41) is 5.25. The Balaban J connectivity index is 2.03. The molecule has 2 rings (SSSR count). The number of hydrogen-bond acceptors (Lipinski definition) is 2. The molecule has 86 valence electrons. The maximum atomic E-state index is 12.1. The molecule has 1 aliphatic rings. The number of rotatable bonds is 4. The van der Waals surface area contributed by atoms with Gasteiger partial charge < -0.3 is 10.6 Å². The molecule has 0 bridgehead atoms. The van der Waals surface area contributed by atoms with Crippen molar-refractivity contribution in [2.24, 2.45) is 5.92 Å². The fourth-order valence-electron chi connectivity index (χ4n) is 1.82. The summed E-state index contributed by atoms with van der Waals surface area (Å²) in [6.45, 7) is -1.63. The van der Waals surface area contributed by atoms with Gasteiger partial charge in [-0.15, -0.1) is 0 Å². The van der Waals surface area contributed by atoms with Crippen molar-refractivity contribution in [1.29, 1.82) is 0 Å². The SMILES string of the molecule is [2H]C([2H])([2H])Nc1ccccc1C(=O)NCC1CCC1. The number of hydrogen-bond donors (Lipinski definition) is 2. The first kappa shape index (κ1) is 7.71. The fourth-order valence-corrected chi connectivity index (χ4v) is 1.82. The smallest absolute Gasteiger partial charge is 0.253 e. The zero-order valence-electron chi connectivity index (χ0n) is 12.1. The van der Waals surface area contributed by atoms with Gasteiger partial charge in [-0.3, -0.25) is 4.79 Å². The van der Waals surface area contributed by atoms with Crippen LogP contribution >= 0.6 is 0 Å². The van der Waals surface area contributed by atoms with Crippen LogP contribution in [0.4, 0.5) is 5.69 Å². The van der Waals surface area contributed by atoms with Gasteiger partial charge in [0.15, 0.2) is 0 Å². The Hall–Kier alpha value is -1.51. The van der Waals surface area contributed by atoms with Crippen LogP contribution in [0.3, 0.4) is 0 Å². The van der Waals surface area contributed by atoms with Crippen molar-refractivity contribution < 1.29 is 8.91 Å². The molecular formula is C13H18N2O. The van der Waals surface area contributed by atoms with E-state index in [4.69, 9.17) is 4.11 Å². The third-order valence-corrected chi connectivity index (χ3v) is 3.08. The Morgan fingerprint density at radius 3 is 3.00 bits per heavy atom. The number of benzene rings is 1. The Bertz CT molecular complexity index is 455. The van der Waals surface area contributed by atoms with Crippen LogP contribution in [0.15, 0.2) is 24.3 Å². The van der Waals surface area contributed by atoms with Gasteiger partial charge in [0.2, 0.25) is 0 Å². The van der Waals surface area contributed by atoms with Crippen LogP contribution in [0.1, 0.15) is 33.7 Å². The van der Waals surface area contributed by atoms with Gasteiger partial charge in [0.05, 0.1) is 5.56 Å². The summed E-state index contributed by atoms with van der Waals surface area (Å²) >= 11 is 0. The fraction of sp³-hybridized carbons (Fsp3) is 0.462. The van der Waals surface area contributed by atoms with E-state index in [1.165, 1.54) is 6.42 Å². The Morgan fingerprint density at radius 2 is 2.31 bits per heavy atom. The molecule has 1 saturated carbocycles. The highest BCUT2D eigenvalue weighted by Crippen LogP contribution is 2.25. The van der Waals surface area contributed by atoms with Gasteiger partial charge in [-0.05, 0) is 30.9 Å². The van der Waals surface area contributed by atoms with Crippen LogP contribution in [-0.4, -0.2) is 19.4 Å². The summed E-state index contributed by atoms with van der Waals surface area (Å²) in [6, 6.07) is 6.66. The molecule has 0 unspecified atom stereocenters. The molecule has 1 aromatic carbocycles. The molecule has 0 spiro atoms. The summed E-state index contributed by atoms with van der Waals surface area (Å²) in [5.74, 6) is 0.353. The van der Waals surface area contributed by atoms with E-state index >= 15 is 0 Å². The predicted molar refractivity (Wildman–Crippen MR) is 65.7 cm³/mol. The summed E-state index contributed by atoms with van der Waals surface area (Å²) in [6.07, 6.45) is 3.56. The van der Waals surface area contributed by atoms with Crippen molar-refractivity contribution in [3.05, 3.63) is 29.8 Å². The van der Waals surface area contributed by atoms with E-state index in [1.54, 1.807) is 24.3 Å². The number of nitrogens with one attached hydrogen (secondary N) is 2. The Morgan fingerprint density at radius 1 is 1.50 bits per heavy atom. The van der Waals surface area contributed by atoms with E-state index in [2.05, 4.69) is 10.6 Å². The van der Waals surface area contributed by atoms with E-state index in [1.807, 2.05) is 0 Å². The van der Waals surface area contributed by atoms with Gasteiger partial charge in [0.1, 0.15) is 0 Å². The lowest BCUT2D eigenvalue weighted by atomic mass is 9.85. The second-order valence-electron chi connectivity index (χ2n) is 4.18. The highest BCUT2D eigenvalue weighted by atomic mass is 16.1. The molecule has 1 fully saturated rings. The van der Waals surface area contributed by atoms with E-state index in [0.717, 1.165) is 12.8 Å². The van der Waals surface area contributed by atoms with Gasteiger partial charge in [-0.25, -0.2) is 0 Å². The summed E-state index contributed by atoms with van der Waals surface area (Å²) in [5.41, 5.74) is 0.714. The highest BCUT2D eigenvalue weighted by Gasteiger charge is 2.18. The predicted octanol–water partition coefficient (Wildman–Crippen LogP) is 2.26. The third kappa shape index (κ3) is 2.35. The minimum absolute atomic E-state index is 0.223. The number of anilines is 1. The summed E-state index contributed by atoms with van der Waals surface area (Å²) < 4.78 is 21.6. The van der Waals surface area contributed by atoms with Crippen LogP contribution in [0.2, 0.25) is 0 Å². The van der Waals surface area contributed by atoms with Crippen LogP contribution in [0, 0.1) is 5.92 Å². The molecule has 16 heavy (non-hydrogen) atoms. The largest absolute Gasteiger partial charge is 0.387 e. The molecule has 0 radical (unpaired) electrons. The highest BCUT2D eigenvalue weighted by molar-refractivity contribution is 5.99. The molecule has 0 atom stereocenters. The average molecular weight is 221 g/mol. The second kappa shape index (κ2) is 5.01. The zero-order valence-corrected chi connectivity index (χ0v) is 9.12. The van der Waals surface area contributed by atoms with Crippen molar-refractivity contribution in [2.45, 2.75) is 19.3 Å². The summed E-state index contributed by atoms with van der Waals surface area (Å²) in [7, 11) is 0. The van der Waals surface area contributed by atoms with Gasteiger partial charge >= 0.3 is 0 Å². The summed E-state index contributed by atoms with van der Waals surface area (Å²) in [4.78, 5) is 12.1. The average Bonchev–Trinajstić information content (AvgIpc) is 2.25. The molecule has 1 amide bonds. The topological polar surface area (TPSA) is 41.1 Å². The molecule has 1 aromatic rings. The normalized spacial score (nSPS) is 18.9. The molecule has 0 aromatic heterocycles. The van der Waals surface area contributed by atoms with Gasteiger partial charge in [-0.2, -0.15) is 0 Å². The quantitative estimate of drug-likeness (QED) is 0.818. The van der Waals surface area contributed by atoms with Crippen LogP contribution < -0.4 is 10.6 Å². The van der Waals surface area contributed by atoms with Crippen LogP contribution in [0.25, 0.3) is 0 Å². The van der Waals surface area contributed by atoms with Crippen molar-refractivity contribution in [3.8, 4) is 0 Å². The maximum absolute atomic E-state index is 12.1. The van der Waals surface area contributed by atoms with Gasteiger partial charge in [0, 0.05) is 23.3 Å². The van der Waals surface area contributed by atoms with E-state index in [-0.39, 0.29) is 5.91 Å².